The van der Waals surface area contributed by atoms with Crippen LogP contribution in [0.15, 0.2) is 76.7 Å². The van der Waals surface area contributed by atoms with Gasteiger partial charge in [0.1, 0.15) is 49.3 Å². The number of nitrogens with zero attached hydrogens (tertiary/aromatic N) is 6. The Balaban J connectivity index is 1.10. The Morgan fingerprint density at radius 3 is 1.90 bits per heavy atom. The van der Waals surface area contributed by atoms with Crippen molar-refractivity contribution < 1.29 is 35.7 Å². The Labute approximate surface area is 301 Å². The Morgan fingerprint density at radius 1 is 0.731 bits per heavy atom. The summed E-state index contributed by atoms with van der Waals surface area (Å²) in [4.78, 5) is 39.9. The van der Waals surface area contributed by atoms with Gasteiger partial charge >= 0.3 is 0 Å². The lowest BCUT2D eigenvalue weighted by atomic mass is 10.1. The Morgan fingerprint density at radius 2 is 1.27 bits per heavy atom. The summed E-state index contributed by atoms with van der Waals surface area (Å²) in [6.07, 6.45) is 11.9. The van der Waals surface area contributed by atoms with Gasteiger partial charge in [0.25, 0.3) is 5.91 Å². The lowest BCUT2D eigenvalue weighted by Gasteiger charge is -2.41. The molecule has 52 heavy (non-hydrogen) atoms. The van der Waals surface area contributed by atoms with Gasteiger partial charge in [0.2, 0.25) is 37.8 Å². The van der Waals surface area contributed by atoms with Gasteiger partial charge in [-0.3, -0.25) is 4.79 Å². The summed E-state index contributed by atoms with van der Waals surface area (Å²) in [6, 6.07) is -0.566. The van der Waals surface area contributed by atoms with Crippen molar-refractivity contribution in [2.45, 2.75) is 97.0 Å². The topological polar surface area (TPSA) is 195 Å². The van der Waals surface area contributed by atoms with Crippen molar-refractivity contribution in [2.75, 3.05) is 0 Å². The maximum Gasteiger partial charge on any atom is 0.273 e. The largest absolute Gasteiger partial charge is 0.448 e. The van der Waals surface area contributed by atoms with Crippen LogP contribution in [0.5, 0.6) is 0 Å². The number of hydrogen-bond donors (Lipinski definition) is 1. The van der Waals surface area contributed by atoms with E-state index in [0.717, 1.165) is 6.42 Å². The second-order valence-electron chi connectivity index (χ2n) is 13.4. The number of oxazole rings is 6. The summed E-state index contributed by atoms with van der Waals surface area (Å²) in [7, 11) is -2.07. The van der Waals surface area contributed by atoms with E-state index in [4.69, 9.17) is 30.9 Å². The number of carbonyl (C=O) groups excluding carboxylic acids is 1. The third-order valence-corrected chi connectivity index (χ3v) is 15.0. The maximum absolute atomic E-state index is 13.2. The van der Waals surface area contributed by atoms with Crippen LogP contribution in [0.1, 0.15) is 95.3 Å². The summed E-state index contributed by atoms with van der Waals surface area (Å²) in [5, 5.41) is 2.93. The molecule has 0 spiro atoms. The predicted molar refractivity (Wildman–Crippen MR) is 190 cm³/mol. The molecule has 16 heteroatoms. The average Bonchev–Trinajstić information content (AvgIpc) is 3.96. The Kier molecular flexibility index (Phi) is 10.9. The molecule has 15 nitrogen and oxygen atoms in total. The standard InChI is InChI=1S/C36H43N7O8Si/c1-9-11-24(39-31(44)25-15-47-35(40-25)28-19-49-34(43-28)26-16-45-30(38-26)12-10-2)32-41-29(18-48-32)36-42-27(17-50-36)33-37-23(13-46-33)14-51-52(20(3)4,21(5)6)22(7)8/h10,13,15-22,24H,2,9,11-12,14H2,1,3-8H3,(H,39,44). The van der Waals surface area contributed by atoms with Crippen molar-refractivity contribution >= 4 is 14.2 Å². The second-order valence-corrected chi connectivity index (χ2v) is 18.8. The number of rotatable bonds is 17. The molecule has 0 saturated heterocycles. The van der Waals surface area contributed by atoms with E-state index in [1.807, 2.05) is 6.92 Å². The summed E-state index contributed by atoms with van der Waals surface area (Å²) in [6.45, 7) is 19.5. The molecule has 6 heterocycles. The zero-order chi connectivity index (χ0) is 37.0. The molecule has 6 aromatic heterocycles. The zero-order valence-corrected chi connectivity index (χ0v) is 31.3. The SMILES string of the molecule is C=CCc1nc(-c2nc(-c3nc(C(=O)NC(CCC)c4nc(-c5nc(-c6nc(CO[Si](C(C)C)(C(C)C)C(C)C)co6)co5)co4)co3)co2)co1. The maximum atomic E-state index is 13.2. The van der Waals surface area contributed by atoms with Crippen LogP contribution >= 0.6 is 0 Å². The first-order valence-corrected chi connectivity index (χ1v) is 19.4. The molecule has 0 aromatic carbocycles. The molecule has 0 saturated carbocycles. The van der Waals surface area contributed by atoms with Gasteiger partial charge in [-0.05, 0) is 23.0 Å². The van der Waals surface area contributed by atoms with Crippen molar-refractivity contribution in [1.82, 2.24) is 35.2 Å². The molecule has 274 valence electrons. The van der Waals surface area contributed by atoms with Crippen molar-refractivity contribution in [1.29, 1.82) is 0 Å². The average molecular weight is 730 g/mol. The number of carbonyl (C=O) groups is 1. The number of hydrogen-bond acceptors (Lipinski definition) is 14. The molecule has 0 aliphatic rings. The van der Waals surface area contributed by atoms with Crippen LogP contribution in [0.4, 0.5) is 0 Å². The molecule has 0 aliphatic carbocycles. The van der Waals surface area contributed by atoms with Crippen molar-refractivity contribution in [3.05, 3.63) is 73.4 Å². The Bertz CT molecular complexity index is 2080. The molecule has 0 fully saturated rings. The highest BCUT2D eigenvalue weighted by Gasteiger charge is 2.45. The number of aromatic nitrogens is 6. The quantitative estimate of drug-likeness (QED) is 0.0690. The van der Waals surface area contributed by atoms with E-state index in [1.165, 1.54) is 31.3 Å². The minimum Gasteiger partial charge on any atom is -0.448 e. The monoisotopic (exact) mass is 729 g/mol. The molecule has 0 radical (unpaired) electrons. The first-order chi connectivity index (χ1) is 25.0. The molecule has 1 atom stereocenters. The minimum absolute atomic E-state index is 0.0425. The van der Waals surface area contributed by atoms with Crippen molar-refractivity contribution in [2.24, 2.45) is 0 Å². The molecule has 0 bridgehead atoms. The highest BCUT2D eigenvalue weighted by atomic mass is 28.4. The highest BCUT2D eigenvalue weighted by molar-refractivity contribution is 6.77. The lowest BCUT2D eigenvalue weighted by molar-refractivity contribution is 0.0922. The molecular weight excluding hydrogens is 687 g/mol. The number of allylic oxidation sites excluding steroid dienone is 1. The molecular formula is C36H43N7O8Si. The van der Waals surface area contributed by atoms with Gasteiger partial charge in [0, 0.05) is 6.42 Å². The fourth-order valence-electron chi connectivity index (χ4n) is 6.62. The van der Waals surface area contributed by atoms with Crippen LogP contribution in [0.2, 0.25) is 16.6 Å². The van der Waals surface area contributed by atoms with Gasteiger partial charge in [-0.1, -0.05) is 61.0 Å². The molecule has 6 aromatic rings. The molecule has 1 N–H and O–H groups in total. The normalized spacial score (nSPS) is 12.7. The lowest BCUT2D eigenvalue weighted by Crippen LogP contribution is -2.47. The smallest absolute Gasteiger partial charge is 0.273 e. The van der Waals surface area contributed by atoms with Crippen molar-refractivity contribution in [3.8, 4) is 46.3 Å². The Hall–Kier alpha value is -5.35. The predicted octanol–water partition coefficient (Wildman–Crippen LogP) is 8.97. The van der Waals surface area contributed by atoms with Crippen LogP contribution in [0.25, 0.3) is 46.3 Å². The van der Waals surface area contributed by atoms with Gasteiger partial charge in [-0.25, -0.2) is 29.9 Å². The van der Waals surface area contributed by atoms with E-state index in [1.54, 1.807) is 12.3 Å². The number of amides is 1. The first-order valence-electron chi connectivity index (χ1n) is 17.3. The third kappa shape index (κ3) is 7.48. The summed E-state index contributed by atoms with van der Waals surface area (Å²) in [5.41, 5.74) is 3.54. The van der Waals surface area contributed by atoms with Crippen LogP contribution < -0.4 is 5.32 Å². The molecule has 6 rings (SSSR count). The van der Waals surface area contributed by atoms with Gasteiger partial charge in [0.05, 0.1) is 6.61 Å². The van der Waals surface area contributed by atoms with E-state index in [0.29, 0.717) is 70.6 Å². The van der Waals surface area contributed by atoms with Crippen LogP contribution in [0.3, 0.4) is 0 Å². The van der Waals surface area contributed by atoms with Crippen molar-refractivity contribution in [3.63, 3.8) is 0 Å². The van der Waals surface area contributed by atoms with Gasteiger partial charge in [-0.15, -0.1) is 6.58 Å². The molecule has 1 amide bonds. The van der Waals surface area contributed by atoms with E-state index in [9.17, 15) is 4.79 Å². The van der Waals surface area contributed by atoms with Gasteiger partial charge in [0.15, 0.2) is 34.4 Å². The van der Waals surface area contributed by atoms with E-state index >= 15 is 0 Å². The van der Waals surface area contributed by atoms with Crippen LogP contribution in [-0.2, 0) is 17.5 Å². The fraction of sp³-hybridized carbons (Fsp3) is 0.417. The van der Waals surface area contributed by atoms with Gasteiger partial charge in [-0.2, -0.15) is 0 Å². The van der Waals surface area contributed by atoms with E-state index in [-0.39, 0.29) is 35.0 Å². The summed E-state index contributed by atoms with van der Waals surface area (Å²) >= 11 is 0. The minimum atomic E-state index is -2.07. The molecule has 0 aliphatic heterocycles. The third-order valence-electron chi connectivity index (χ3n) is 8.92. The van der Waals surface area contributed by atoms with Crippen LogP contribution in [0, 0.1) is 0 Å². The summed E-state index contributed by atoms with van der Waals surface area (Å²) in [5.74, 6) is 1.11. The second kappa shape index (κ2) is 15.5. The van der Waals surface area contributed by atoms with Crippen LogP contribution in [-0.4, -0.2) is 44.1 Å². The highest BCUT2D eigenvalue weighted by Crippen LogP contribution is 2.43. The van der Waals surface area contributed by atoms with Gasteiger partial charge < -0.3 is 36.2 Å². The fourth-order valence-corrected chi connectivity index (χ4v) is 12.0. The van der Waals surface area contributed by atoms with E-state index in [2.05, 4.69) is 83.3 Å². The van der Waals surface area contributed by atoms with E-state index < -0.39 is 20.3 Å². The first kappa shape index (κ1) is 36.4. The summed E-state index contributed by atoms with van der Waals surface area (Å²) < 4.78 is 40.4. The number of nitrogens with one attached hydrogen (secondary N) is 1. The zero-order valence-electron chi connectivity index (χ0n) is 30.3. The molecule has 1 unspecified atom stereocenters.